The Morgan fingerprint density at radius 2 is 1.64 bits per heavy atom. The summed E-state index contributed by atoms with van der Waals surface area (Å²) in [6.07, 6.45) is 2.11. The largest absolute Gasteiger partial charge is 0.456 e. The highest BCUT2D eigenvalue weighted by Crippen LogP contribution is 2.35. The number of nitrogens with zero attached hydrogens (tertiary/aromatic N) is 1. The van der Waals surface area contributed by atoms with Crippen molar-refractivity contribution < 1.29 is 23.6 Å². The van der Waals surface area contributed by atoms with Crippen LogP contribution in [0.15, 0.2) is 72.1 Å². The fraction of sp³-hybridized carbons (Fsp3) is 0.321. The number of thiophene rings is 1. The number of fused-ring (bicyclic) bond motifs is 3. The standard InChI is InChI=1S/C17H22NO3.C11H10N2OS/c1-13(19)21-17-12-18(9-7-15(17)8-10-18)11-16(20)14-5-3-2-4-6-14;12-11(14)10-9(6-7-15-10)13-8-4-2-1-3-5-8/h2-6,15,17H,7-12H2,1H3;1-7,13H,(H2,12,14)/q+1;/t15?,17-,18?;/m0./s1. The molecule has 1 atom stereocenters. The molecule has 3 N–H and O–H groups in total. The minimum atomic E-state index is -0.400. The topological polar surface area (TPSA) is 98.5 Å². The van der Waals surface area contributed by atoms with Gasteiger partial charge >= 0.3 is 5.97 Å². The summed E-state index contributed by atoms with van der Waals surface area (Å²) in [5.74, 6) is 0.0722. The molecule has 0 aliphatic carbocycles. The Bertz CT molecular complexity index is 1190. The summed E-state index contributed by atoms with van der Waals surface area (Å²) in [6.45, 7) is 4.84. The number of primary amides is 1. The van der Waals surface area contributed by atoms with Gasteiger partial charge in [0.1, 0.15) is 18.0 Å². The molecule has 3 saturated heterocycles. The summed E-state index contributed by atoms with van der Waals surface area (Å²) in [4.78, 5) is 35.4. The van der Waals surface area contributed by atoms with Gasteiger partial charge in [0, 0.05) is 36.9 Å². The molecule has 0 radical (unpaired) electrons. The molecule has 36 heavy (non-hydrogen) atoms. The minimum Gasteiger partial charge on any atom is -0.456 e. The molecule has 3 aliphatic rings. The number of para-hydroxylation sites is 1. The zero-order chi connectivity index (χ0) is 25.5. The number of anilines is 2. The molecule has 4 heterocycles. The lowest BCUT2D eigenvalue weighted by atomic mass is 9.83. The Balaban J connectivity index is 0.000000179. The number of piperidine rings is 3. The van der Waals surface area contributed by atoms with Crippen molar-refractivity contribution in [3.8, 4) is 0 Å². The smallest absolute Gasteiger partial charge is 0.303 e. The lowest BCUT2D eigenvalue weighted by Gasteiger charge is -2.51. The van der Waals surface area contributed by atoms with E-state index in [1.165, 1.54) is 18.3 Å². The number of carbonyl (C=O) groups is 3. The van der Waals surface area contributed by atoms with Crippen molar-refractivity contribution >= 4 is 40.4 Å². The second-order valence-corrected chi connectivity index (χ2v) is 10.3. The maximum absolute atomic E-state index is 12.5. The van der Waals surface area contributed by atoms with Gasteiger partial charge in [-0.15, -0.1) is 11.3 Å². The van der Waals surface area contributed by atoms with E-state index < -0.39 is 5.91 Å². The Morgan fingerprint density at radius 3 is 2.25 bits per heavy atom. The number of hydrogen-bond acceptors (Lipinski definition) is 6. The van der Waals surface area contributed by atoms with Crippen LogP contribution in [0.4, 0.5) is 11.4 Å². The first-order chi connectivity index (χ1) is 17.3. The second kappa shape index (κ2) is 11.5. The van der Waals surface area contributed by atoms with Gasteiger partial charge in [0.25, 0.3) is 5.91 Å². The van der Waals surface area contributed by atoms with Gasteiger partial charge in [0.2, 0.25) is 5.78 Å². The molecule has 7 nitrogen and oxygen atoms in total. The van der Waals surface area contributed by atoms with Crippen molar-refractivity contribution in [2.75, 3.05) is 31.5 Å². The maximum Gasteiger partial charge on any atom is 0.303 e. The molecular formula is C28H32N3O4S+. The normalized spacial score (nSPS) is 22.1. The van der Waals surface area contributed by atoms with E-state index in [4.69, 9.17) is 10.5 Å². The molecule has 0 saturated carbocycles. The Labute approximate surface area is 215 Å². The fourth-order valence-electron chi connectivity index (χ4n) is 5.09. The molecule has 1 amide bonds. The molecule has 0 spiro atoms. The summed E-state index contributed by atoms with van der Waals surface area (Å²) in [7, 11) is 0. The van der Waals surface area contributed by atoms with E-state index >= 15 is 0 Å². The third-order valence-electron chi connectivity index (χ3n) is 6.88. The molecule has 3 aromatic rings. The molecule has 0 unspecified atom stereocenters. The van der Waals surface area contributed by atoms with Gasteiger partial charge in [-0.1, -0.05) is 48.5 Å². The first-order valence-corrected chi connectivity index (χ1v) is 13.0. The number of Topliss-reactive ketones (excluding diaryl/α,β-unsaturated/α-hetero) is 1. The molecule has 2 bridgehead atoms. The van der Waals surface area contributed by atoms with Crippen LogP contribution in [-0.4, -0.2) is 54.4 Å². The number of nitrogens with one attached hydrogen (secondary N) is 1. The van der Waals surface area contributed by atoms with E-state index in [0.29, 0.717) is 17.3 Å². The molecule has 188 valence electrons. The number of rotatable bonds is 7. The maximum atomic E-state index is 12.5. The van der Waals surface area contributed by atoms with E-state index in [1.54, 1.807) is 0 Å². The van der Waals surface area contributed by atoms with Gasteiger partial charge < -0.3 is 20.3 Å². The molecule has 3 aliphatic heterocycles. The highest BCUT2D eigenvalue weighted by atomic mass is 32.1. The Kier molecular flexibility index (Phi) is 8.18. The third kappa shape index (κ3) is 6.38. The number of esters is 1. The van der Waals surface area contributed by atoms with Crippen LogP contribution in [-0.2, 0) is 9.53 Å². The SMILES string of the molecule is CC(=O)O[C@H]1C[N+]2(CC(=O)c3ccccc3)CCC1CC2.NC(=O)c1sccc1Nc1ccccc1. The van der Waals surface area contributed by atoms with Crippen LogP contribution in [0.25, 0.3) is 0 Å². The summed E-state index contributed by atoms with van der Waals surface area (Å²) < 4.78 is 6.25. The second-order valence-electron chi connectivity index (χ2n) is 9.42. The van der Waals surface area contributed by atoms with Crippen LogP contribution in [0.2, 0.25) is 0 Å². The molecule has 2 aromatic carbocycles. The summed E-state index contributed by atoms with van der Waals surface area (Å²) in [6, 6.07) is 21.0. The van der Waals surface area contributed by atoms with Crippen molar-refractivity contribution in [1.29, 1.82) is 0 Å². The molecule has 6 rings (SSSR count). The van der Waals surface area contributed by atoms with Gasteiger partial charge in [0.15, 0.2) is 6.10 Å². The quantitative estimate of drug-likeness (QED) is 0.277. The number of hydrogen-bond donors (Lipinski definition) is 2. The van der Waals surface area contributed by atoms with Gasteiger partial charge in [-0.3, -0.25) is 14.4 Å². The first-order valence-electron chi connectivity index (χ1n) is 12.2. The molecule has 3 fully saturated rings. The van der Waals surface area contributed by atoms with Crippen molar-refractivity contribution in [3.05, 3.63) is 82.6 Å². The van der Waals surface area contributed by atoms with Crippen LogP contribution in [0.3, 0.4) is 0 Å². The van der Waals surface area contributed by atoms with E-state index in [1.807, 2.05) is 72.1 Å². The number of ether oxygens (including phenoxy) is 1. The Hall–Kier alpha value is -3.49. The predicted octanol–water partition coefficient (Wildman–Crippen LogP) is 4.63. The van der Waals surface area contributed by atoms with Gasteiger partial charge in [-0.05, 0) is 23.6 Å². The highest BCUT2D eigenvalue weighted by molar-refractivity contribution is 7.12. The van der Waals surface area contributed by atoms with E-state index in [9.17, 15) is 14.4 Å². The summed E-state index contributed by atoms with van der Waals surface area (Å²) in [5, 5.41) is 4.98. The molecule has 1 aromatic heterocycles. The van der Waals surface area contributed by atoms with Crippen LogP contribution >= 0.6 is 11.3 Å². The first kappa shape index (κ1) is 25.6. The van der Waals surface area contributed by atoms with Crippen molar-refractivity contribution in [3.63, 3.8) is 0 Å². The zero-order valence-corrected chi connectivity index (χ0v) is 21.2. The Morgan fingerprint density at radius 1 is 1.00 bits per heavy atom. The van der Waals surface area contributed by atoms with E-state index in [0.717, 1.165) is 53.9 Å². The average molecular weight is 507 g/mol. The number of ketones is 1. The number of benzene rings is 2. The number of quaternary nitrogens is 1. The average Bonchev–Trinajstić information content (AvgIpc) is 3.34. The fourth-order valence-corrected chi connectivity index (χ4v) is 5.79. The summed E-state index contributed by atoms with van der Waals surface area (Å²) >= 11 is 1.34. The van der Waals surface area contributed by atoms with E-state index in [-0.39, 0.29) is 17.9 Å². The molecular weight excluding hydrogens is 474 g/mol. The summed E-state index contributed by atoms with van der Waals surface area (Å²) in [5.41, 5.74) is 7.73. The lowest BCUT2D eigenvalue weighted by molar-refractivity contribution is -0.938. The van der Waals surface area contributed by atoms with Gasteiger partial charge in [0.05, 0.1) is 18.8 Å². The van der Waals surface area contributed by atoms with Gasteiger partial charge in [-0.25, -0.2) is 0 Å². The monoisotopic (exact) mass is 506 g/mol. The van der Waals surface area contributed by atoms with Gasteiger partial charge in [-0.2, -0.15) is 0 Å². The van der Waals surface area contributed by atoms with Crippen molar-refractivity contribution in [2.24, 2.45) is 11.7 Å². The highest BCUT2D eigenvalue weighted by Gasteiger charge is 2.48. The van der Waals surface area contributed by atoms with Crippen molar-refractivity contribution in [1.82, 2.24) is 0 Å². The number of amides is 1. The van der Waals surface area contributed by atoms with Crippen LogP contribution in [0, 0.1) is 5.92 Å². The number of carbonyl (C=O) groups excluding carboxylic acids is 3. The van der Waals surface area contributed by atoms with Crippen molar-refractivity contribution in [2.45, 2.75) is 25.9 Å². The van der Waals surface area contributed by atoms with E-state index in [2.05, 4.69) is 5.32 Å². The van der Waals surface area contributed by atoms with Crippen LogP contribution < -0.4 is 11.1 Å². The number of nitrogens with two attached hydrogens (primary N) is 1. The lowest BCUT2D eigenvalue weighted by Crippen LogP contribution is -2.65. The third-order valence-corrected chi connectivity index (χ3v) is 7.80. The minimum absolute atomic E-state index is 0.00595. The molecule has 8 heteroatoms. The van der Waals surface area contributed by atoms with Crippen LogP contribution in [0.1, 0.15) is 39.8 Å². The van der Waals surface area contributed by atoms with Crippen LogP contribution in [0.5, 0.6) is 0 Å². The predicted molar refractivity (Wildman–Crippen MR) is 141 cm³/mol. The zero-order valence-electron chi connectivity index (χ0n) is 20.4.